The van der Waals surface area contributed by atoms with E-state index in [1.54, 1.807) is 0 Å². The number of hydrogen-bond donors (Lipinski definition) is 0. The minimum atomic E-state index is 0.705. The predicted octanol–water partition coefficient (Wildman–Crippen LogP) is 3.73. The number of nitrogens with zero attached hydrogens (tertiary/aromatic N) is 1. The van der Waals surface area contributed by atoms with Gasteiger partial charge in [0.25, 0.3) is 0 Å². The molecule has 0 amide bonds. The van der Waals surface area contributed by atoms with Crippen molar-refractivity contribution in [2.75, 3.05) is 0 Å². The van der Waals surface area contributed by atoms with Crippen LogP contribution in [0.1, 0.15) is 16.1 Å². The highest BCUT2D eigenvalue weighted by atomic mass is 16.1. The monoisotopic (exact) mass is 235 g/mol. The van der Waals surface area contributed by atoms with Crippen molar-refractivity contribution in [1.82, 2.24) is 4.40 Å². The topological polar surface area (TPSA) is 21.5 Å². The number of aromatic nitrogens is 1. The van der Waals surface area contributed by atoms with E-state index in [0.29, 0.717) is 5.69 Å². The molecule has 0 N–H and O–H groups in total. The molecule has 2 heteroatoms. The zero-order valence-electron chi connectivity index (χ0n) is 10.1. The molecule has 3 rings (SSSR count). The van der Waals surface area contributed by atoms with Crippen molar-refractivity contribution in [2.24, 2.45) is 0 Å². The second kappa shape index (κ2) is 4.15. The number of benzene rings is 1. The van der Waals surface area contributed by atoms with Crippen LogP contribution in [0.3, 0.4) is 0 Å². The lowest BCUT2D eigenvalue weighted by atomic mass is 10.0. The van der Waals surface area contributed by atoms with Crippen LogP contribution in [-0.4, -0.2) is 10.7 Å². The first-order chi connectivity index (χ1) is 8.79. The third-order valence-corrected chi connectivity index (χ3v) is 3.16. The zero-order chi connectivity index (χ0) is 12.5. The lowest BCUT2D eigenvalue weighted by Gasteiger charge is -2.01. The first-order valence-electron chi connectivity index (χ1n) is 5.92. The van der Waals surface area contributed by atoms with Gasteiger partial charge in [-0.05, 0) is 30.7 Å². The van der Waals surface area contributed by atoms with Crippen molar-refractivity contribution in [3.05, 3.63) is 66.0 Å². The summed E-state index contributed by atoms with van der Waals surface area (Å²) in [5.74, 6) is 0. The first-order valence-corrected chi connectivity index (χ1v) is 5.92. The van der Waals surface area contributed by atoms with Gasteiger partial charge in [-0.3, -0.25) is 4.79 Å². The second-order valence-electron chi connectivity index (χ2n) is 4.43. The van der Waals surface area contributed by atoms with Gasteiger partial charge in [0.2, 0.25) is 0 Å². The fraction of sp³-hybridized carbons (Fsp3) is 0.0625. The van der Waals surface area contributed by atoms with Gasteiger partial charge in [0.1, 0.15) is 0 Å². The molecule has 0 bridgehead atoms. The van der Waals surface area contributed by atoms with Crippen molar-refractivity contribution >= 4 is 11.8 Å². The van der Waals surface area contributed by atoms with Gasteiger partial charge in [-0.25, -0.2) is 0 Å². The fourth-order valence-corrected chi connectivity index (χ4v) is 2.31. The summed E-state index contributed by atoms with van der Waals surface area (Å²) >= 11 is 0. The number of pyridine rings is 1. The molecule has 88 valence electrons. The number of aryl methyl sites for hydroxylation is 1. The summed E-state index contributed by atoms with van der Waals surface area (Å²) < 4.78 is 1.92. The van der Waals surface area contributed by atoms with E-state index in [0.717, 1.165) is 22.9 Å². The Morgan fingerprint density at radius 3 is 2.72 bits per heavy atom. The minimum absolute atomic E-state index is 0.705. The highest BCUT2D eigenvalue weighted by molar-refractivity contribution is 5.89. The van der Waals surface area contributed by atoms with Gasteiger partial charge in [0, 0.05) is 17.3 Å². The van der Waals surface area contributed by atoms with Crippen molar-refractivity contribution < 1.29 is 4.79 Å². The molecule has 0 atom stereocenters. The van der Waals surface area contributed by atoms with Gasteiger partial charge >= 0.3 is 0 Å². The molecule has 2 heterocycles. The van der Waals surface area contributed by atoms with Crippen LogP contribution in [0, 0.1) is 6.92 Å². The maximum Gasteiger partial charge on any atom is 0.167 e. The van der Waals surface area contributed by atoms with Crippen LogP contribution >= 0.6 is 0 Å². The van der Waals surface area contributed by atoms with Crippen molar-refractivity contribution in [3.63, 3.8) is 0 Å². The van der Waals surface area contributed by atoms with Gasteiger partial charge in [-0.2, -0.15) is 0 Å². The van der Waals surface area contributed by atoms with E-state index in [1.807, 2.05) is 40.9 Å². The first kappa shape index (κ1) is 10.8. The Bertz CT molecular complexity index is 725. The average Bonchev–Trinajstić information content (AvgIpc) is 2.77. The Labute approximate surface area is 105 Å². The standard InChI is InChI=1S/C16H13NO/c1-12-5-4-6-13(9-12)15-10-14-7-2-3-8-17(14)16(15)11-18/h2-11H,1H3. The fourth-order valence-electron chi connectivity index (χ4n) is 2.31. The molecule has 1 aromatic carbocycles. The van der Waals surface area contributed by atoms with Crippen LogP contribution in [0.5, 0.6) is 0 Å². The Morgan fingerprint density at radius 2 is 1.94 bits per heavy atom. The van der Waals surface area contributed by atoms with Crippen molar-refractivity contribution in [2.45, 2.75) is 6.92 Å². The van der Waals surface area contributed by atoms with Crippen LogP contribution in [0.25, 0.3) is 16.6 Å². The molecule has 0 aliphatic heterocycles. The molecule has 2 nitrogen and oxygen atoms in total. The summed E-state index contributed by atoms with van der Waals surface area (Å²) in [6, 6.07) is 16.2. The zero-order valence-corrected chi connectivity index (χ0v) is 10.1. The quantitative estimate of drug-likeness (QED) is 0.620. The molecule has 3 aromatic rings. The number of hydrogen-bond acceptors (Lipinski definition) is 1. The molecule has 18 heavy (non-hydrogen) atoms. The van der Waals surface area contributed by atoms with Crippen LogP contribution in [0.4, 0.5) is 0 Å². The van der Waals surface area contributed by atoms with E-state index in [-0.39, 0.29) is 0 Å². The van der Waals surface area contributed by atoms with Crippen LogP contribution in [0.15, 0.2) is 54.7 Å². The van der Waals surface area contributed by atoms with Gasteiger partial charge in [0.05, 0.1) is 5.69 Å². The third-order valence-electron chi connectivity index (χ3n) is 3.16. The Morgan fingerprint density at radius 1 is 1.06 bits per heavy atom. The molecule has 0 radical (unpaired) electrons. The van der Waals surface area contributed by atoms with Crippen molar-refractivity contribution in [1.29, 1.82) is 0 Å². The van der Waals surface area contributed by atoms with Gasteiger partial charge < -0.3 is 4.40 Å². The maximum absolute atomic E-state index is 11.3. The lowest BCUT2D eigenvalue weighted by Crippen LogP contribution is -1.91. The minimum Gasteiger partial charge on any atom is -0.314 e. The molecule has 0 saturated carbocycles. The smallest absolute Gasteiger partial charge is 0.167 e. The van der Waals surface area contributed by atoms with Crippen LogP contribution < -0.4 is 0 Å². The SMILES string of the molecule is Cc1cccc(-c2cc3ccccn3c2C=O)c1. The summed E-state index contributed by atoms with van der Waals surface area (Å²) in [7, 11) is 0. The van der Waals surface area contributed by atoms with Gasteiger partial charge in [-0.15, -0.1) is 0 Å². The van der Waals surface area contributed by atoms with Crippen LogP contribution in [0.2, 0.25) is 0 Å². The van der Waals surface area contributed by atoms with E-state index >= 15 is 0 Å². The molecule has 0 aliphatic carbocycles. The molecule has 0 saturated heterocycles. The Kier molecular flexibility index (Phi) is 2.49. The molecule has 0 spiro atoms. The van der Waals surface area contributed by atoms with Crippen LogP contribution in [-0.2, 0) is 0 Å². The van der Waals surface area contributed by atoms with E-state index in [9.17, 15) is 4.79 Å². The largest absolute Gasteiger partial charge is 0.314 e. The number of fused-ring (bicyclic) bond motifs is 1. The highest BCUT2D eigenvalue weighted by Crippen LogP contribution is 2.27. The summed E-state index contributed by atoms with van der Waals surface area (Å²) in [6.45, 7) is 2.06. The van der Waals surface area contributed by atoms with Gasteiger partial charge in [-0.1, -0.05) is 35.9 Å². The van der Waals surface area contributed by atoms with E-state index in [4.69, 9.17) is 0 Å². The van der Waals surface area contributed by atoms with Crippen molar-refractivity contribution in [3.8, 4) is 11.1 Å². The summed E-state index contributed by atoms with van der Waals surface area (Å²) in [5.41, 5.74) is 5.01. The molecule has 0 unspecified atom stereocenters. The molecule has 0 fully saturated rings. The number of carbonyl (C=O) groups excluding carboxylic acids is 1. The third kappa shape index (κ3) is 1.63. The van der Waals surface area contributed by atoms with E-state index in [1.165, 1.54) is 5.56 Å². The second-order valence-corrected chi connectivity index (χ2v) is 4.43. The van der Waals surface area contributed by atoms with E-state index < -0.39 is 0 Å². The highest BCUT2D eigenvalue weighted by Gasteiger charge is 2.10. The maximum atomic E-state index is 11.3. The number of carbonyl (C=O) groups is 1. The molecule has 2 aromatic heterocycles. The summed E-state index contributed by atoms with van der Waals surface area (Å²) in [5, 5.41) is 0. The average molecular weight is 235 g/mol. The van der Waals surface area contributed by atoms with Gasteiger partial charge in [0.15, 0.2) is 6.29 Å². The Balaban J connectivity index is 2.32. The normalized spacial score (nSPS) is 10.7. The lowest BCUT2D eigenvalue weighted by molar-refractivity contribution is 0.111. The molecular weight excluding hydrogens is 222 g/mol. The summed E-state index contributed by atoms with van der Waals surface area (Å²) in [6.07, 6.45) is 2.84. The number of aldehydes is 1. The predicted molar refractivity (Wildman–Crippen MR) is 73.0 cm³/mol. The molecular formula is C16H13NO. The van der Waals surface area contributed by atoms with E-state index in [2.05, 4.69) is 25.1 Å². The Hall–Kier alpha value is -2.35. The molecule has 0 aliphatic rings. The number of rotatable bonds is 2. The summed E-state index contributed by atoms with van der Waals surface area (Å²) in [4.78, 5) is 11.3.